The van der Waals surface area contributed by atoms with Crippen molar-refractivity contribution in [2.24, 2.45) is 0 Å². The van der Waals surface area contributed by atoms with E-state index in [2.05, 4.69) is 49.2 Å². The zero-order valence-corrected chi connectivity index (χ0v) is 22.2. The van der Waals surface area contributed by atoms with E-state index in [4.69, 9.17) is 4.74 Å². The number of nitrogens with zero attached hydrogens (tertiary/aromatic N) is 5. The Labute approximate surface area is 221 Å². The molecule has 0 fully saturated rings. The van der Waals surface area contributed by atoms with Gasteiger partial charge < -0.3 is 14.6 Å². The van der Waals surface area contributed by atoms with Crippen molar-refractivity contribution in [3.8, 4) is 33.9 Å². The van der Waals surface area contributed by atoms with Crippen molar-refractivity contribution in [1.82, 2.24) is 35.0 Å². The molecule has 1 aromatic carbocycles. The van der Waals surface area contributed by atoms with Crippen molar-refractivity contribution in [1.29, 1.82) is 0 Å². The lowest BCUT2D eigenvalue weighted by Crippen LogP contribution is -2.36. The van der Waals surface area contributed by atoms with Crippen LogP contribution in [0.15, 0.2) is 61.3 Å². The van der Waals surface area contributed by atoms with Gasteiger partial charge in [-0.1, -0.05) is 6.07 Å². The molecule has 0 aliphatic carbocycles. The summed E-state index contributed by atoms with van der Waals surface area (Å²) in [5.74, 6) is 0.757. The third kappa shape index (κ3) is 5.13. The van der Waals surface area contributed by atoms with Gasteiger partial charge in [0.1, 0.15) is 17.1 Å². The predicted molar refractivity (Wildman–Crippen MR) is 147 cm³/mol. The highest BCUT2D eigenvalue weighted by molar-refractivity contribution is 5.95. The Morgan fingerprint density at radius 1 is 1.03 bits per heavy atom. The van der Waals surface area contributed by atoms with E-state index in [0.29, 0.717) is 13.1 Å². The molecule has 0 aliphatic heterocycles. The number of hydrogen-bond donors (Lipinski definition) is 2. The number of carbonyl (C=O) groups excluding carboxylic acids is 1. The van der Waals surface area contributed by atoms with Gasteiger partial charge in [-0.15, -0.1) is 0 Å². The minimum absolute atomic E-state index is 0.333. The summed E-state index contributed by atoms with van der Waals surface area (Å²) in [4.78, 5) is 30.9. The van der Waals surface area contributed by atoms with Crippen molar-refractivity contribution in [2.75, 3.05) is 6.54 Å². The number of aromatic nitrogens is 6. The number of carbonyl (C=O) groups is 1. The summed E-state index contributed by atoms with van der Waals surface area (Å²) < 4.78 is 5.59. The van der Waals surface area contributed by atoms with Crippen molar-refractivity contribution in [3.63, 3.8) is 0 Å². The minimum atomic E-state index is -0.551. The van der Waals surface area contributed by atoms with Gasteiger partial charge in [-0.25, -0.2) is 9.78 Å². The van der Waals surface area contributed by atoms with E-state index in [1.807, 2.05) is 58.3 Å². The van der Waals surface area contributed by atoms with Gasteiger partial charge >= 0.3 is 6.09 Å². The largest absolute Gasteiger partial charge is 0.444 e. The Kier molecular flexibility index (Phi) is 6.67. The predicted octanol–water partition coefficient (Wildman–Crippen LogP) is 6.14. The van der Waals surface area contributed by atoms with E-state index in [1.165, 1.54) is 0 Å². The molecule has 0 aliphatic rings. The molecule has 2 N–H and O–H groups in total. The van der Waals surface area contributed by atoms with Gasteiger partial charge in [0.2, 0.25) is 0 Å². The highest BCUT2D eigenvalue weighted by atomic mass is 16.6. The van der Waals surface area contributed by atoms with E-state index >= 15 is 0 Å². The summed E-state index contributed by atoms with van der Waals surface area (Å²) in [5, 5.41) is 8.66. The number of rotatable bonds is 6. The van der Waals surface area contributed by atoms with Crippen LogP contribution in [0.25, 0.3) is 44.8 Å². The van der Waals surface area contributed by atoms with Gasteiger partial charge in [-0.05, 0) is 75.6 Å². The molecule has 0 saturated heterocycles. The van der Waals surface area contributed by atoms with Gasteiger partial charge in [0.05, 0.1) is 24.0 Å². The number of nitrogens with one attached hydrogen (secondary N) is 2. The molecule has 4 heterocycles. The lowest BCUT2D eigenvalue weighted by Gasteiger charge is -2.27. The number of benzene rings is 1. The van der Waals surface area contributed by atoms with E-state index in [1.54, 1.807) is 23.5 Å². The first kappa shape index (κ1) is 25.1. The van der Waals surface area contributed by atoms with Gasteiger partial charge in [-0.3, -0.25) is 15.1 Å². The van der Waals surface area contributed by atoms with Crippen LogP contribution in [0.1, 0.15) is 38.8 Å². The van der Waals surface area contributed by atoms with Crippen LogP contribution >= 0.6 is 0 Å². The number of aromatic amines is 2. The van der Waals surface area contributed by atoms with Crippen LogP contribution in [0.4, 0.5) is 4.79 Å². The van der Waals surface area contributed by atoms with E-state index in [9.17, 15) is 4.79 Å². The number of imidazole rings is 1. The lowest BCUT2D eigenvalue weighted by atomic mass is 9.97. The van der Waals surface area contributed by atoms with Crippen LogP contribution in [-0.2, 0) is 11.3 Å². The molecule has 0 saturated carbocycles. The zero-order valence-electron chi connectivity index (χ0n) is 22.2. The molecule has 0 bridgehead atoms. The number of ether oxygens (including phenoxy) is 1. The van der Waals surface area contributed by atoms with Crippen LogP contribution < -0.4 is 0 Å². The normalized spacial score (nSPS) is 11.6. The SMILES string of the molecule is CCN(Cc1cncc(-c2ccc3[nH]nc(-c4cnc(-c5ccncc5)[nH]4)c3c2)c1C)C(=O)OC(C)(C)C. The average molecular weight is 510 g/mol. The Bertz CT molecular complexity index is 1580. The fourth-order valence-corrected chi connectivity index (χ4v) is 4.34. The van der Waals surface area contributed by atoms with Gasteiger partial charge in [-0.2, -0.15) is 5.10 Å². The molecule has 0 atom stereocenters. The van der Waals surface area contributed by atoms with E-state index < -0.39 is 5.60 Å². The topological polar surface area (TPSA) is 113 Å². The smallest absolute Gasteiger partial charge is 0.410 e. The van der Waals surface area contributed by atoms with Crippen LogP contribution in [0.3, 0.4) is 0 Å². The van der Waals surface area contributed by atoms with Gasteiger partial charge in [0.25, 0.3) is 0 Å². The third-order valence-corrected chi connectivity index (χ3v) is 6.37. The summed E-state index contributed by atoms with van der Waals surface area (Å²) in [5.41, 5.74) is 6.99. The number of pyridine rings is 2. The Hall–Kier alpha value is -4.53. The molecule has 5 aromatic rings. The first-order chi connectivity index (χ1) is 18.2. The van der Waals surface area contributed by atoms with Crippen molar-refractivity contribution in [2.45, 2.75) is 46.8 Å². The van der Waals surface area contributed by atoms with Crippen LogP contribution in [0.5, 0.6) is 0 Å². The van der Waals surface area contributed by atoms with Crippen LogP contribution in [-0.4, -0.2) is 53.3 Å². The number of fused-ring (bicyclic) bond motifs is 1. The first-order valence-electron chi connectivity index (χ1n) is 12.6. The minimum Gasteiger partial charge on any atom is -0.444 e. The molecule has 9 heteroatoms. The Balaban J connectivity index is 1.46. The number of H-pyrrole nitrogens is 2. The fraction of sp³-hybridized carbons (Fsp3) is 0.276. The second-order valence-electron chi connectivity index (χ2n) is 10.2. The summed E-state index contributed by atoms with van der Waals surface area (Å²) >= 11 is 0. The highest BCUT2D eigenvalue weighted by Crippen LogP contribution is 2.32. The third-order valence-electron chi connectivity index (χ3n) is 6.37. The molecule has 0 spiro atoms. The van der Waals surface area contributed by atoms with E-state index in [-0.39, 0.29) is 6.09 Å². The fourth-order valence-electron chi connectivity index (χ4n) is 4.34. The number of hydrogen-bond acceptors (Lipinski definition) is 6. The van der Waals surface area contributed by atoms with Crippen molar-refractivity contribution < 1.29 is 9.53 Å². The zero-order chi connectivity index (χ0) is 26.9. The van der Waals surface area contributed by atoms with Gasteiger partial charge in [0, 0.05) is 47.8 Å². The second kappa shape index (κ2) is 10.1. The maximum atomic E-state index is 12.7. The van der Waals surface area contributed by atoms with Crippen LogP contribution in [0, 0.1) is 6.92 Å². The maximum Gasteiger partial charge on any atom is 0.410 e. The second-order valence-corrected chi connectivity index (χ2v) is 10.2. The van der Waals surface area contributed by atoms with Crippen molar-refractivity contribution in [3.05, 3.63) is 72.4 Å². The Morgan fingerprint density at radius 3 is 2.55 bits per heavy atom. The van der Waals surface area contributed by atoms with Crippen molar-refractivity contribution >= 4 is 17.0 Å². The van der Waals surface area contributed by atoms with E-state index in [0.717, 1.165) is 55.9 Å². The molecule has 9 nitrogen and oxygen atoms in total. The molecule has 38 heavy (non-hydrogen) atoms. The monoisotopic (exact) mass is 509 g/mol. The van der Waals surface area contributed by atoms with Gasteiger partial charge in [0.15, 0.2) is 0 Å². The molecule has 0 radical (unpaired) electrons. The van der Waals surface area contributed by atoms with Crippen LogP contribution in [0.2, 0.25) is 0 Å². The molecule has 194 valence electrons. The highest BCUT2D eigenvalue weighted by Gasteiger charge is 2.22. The summed E-state index contributed by atoms with van der Waals surface area (Å²) in [6, 6.07) is 10.0. The molecular weight excluding hydrogens is 478 g/mol. The number of amides is 1. The summed E-state index contributed by atoms with van der Waals surface area (Å²) in [6.45, 7) is 10.6. The Morgan fingerprint density at radius 2 is 1.82 bits per heavy atom. The average Bonchev–Trinajstić information content (AvgIpc) is 3.54. The molecule has 1 amide bonds. The molecular formula is C29H31N7O2. The quantitative estimate of drug-likeness (QED) is 0.284. The molecule has 0 unspecified atom stereocenters. The molecule has 4 aromatic heterocycles. The first-order valence-corrected chi connectivity index (χ1v) is 12.6. The summed E-state index contributed by atoms with van der Waals surface area (Å²) in [6.07, 6.45) is 8.62. The standard InChI is InChI=1S/C29H31N7O2/c1-6-36(28(37)38-29(3,4)5)17-21-14-31-15-23(18(21)2)20-7-8-24-22(13-20)26(35-34-24)25-16-32-27(33-25)19-9-11-30-12-10-19/h7-16H,6,17H2,1-5H3,(H,32,33)(H,34,35). The summed E-state index contributed by atoms with van der Waals surface area (Å²) in [7, 11) is 0. The maximum absolute atomic E-state index is 12.7. The lowest BCUT2D eigenvalue weighted by molar-refractivity contribution is 0.0244. The molecule has 5 rings (SSSR count).